The number of hydrogen-bond donors (Lipinski definition) is 8. The van der Waals surface area contributed by atoms with Gasteiger partial charge in [-0.05, 0) is 0 Å². The minimum atomic E-state index is -1.36. The summed E-state index contributed by atoms with van der Waals surface area (Å²) < 4.78 is 23.3. The van der Waals surface area contributed by atoms with Crippen molar-refractivity contribution in [2.75, 3.05) is 41.7 Å². The Balaban J connectivity index is 0. The second-order valence-electron chi connectivity index (χ2n) is 6.11. The van der Waals surface area contributed by atoms with Crippen LogP contribution >= 0.6 is 0 Å². The lowest BCUT2D eigenvalue weighted by Gasteiger charge is -2.38. The van der Waals surface area contributed by atoms with Gasteiger partial charge < -0.3 is 64.5 Å². The molecule has 31 heavy (non-hydrogen) atoms. The van der Waals surface area contributed by atoms with Crippen molar-refractivity contribution in [2.45, 2.75) is 62.2 Å². The summed E-state index contributed by atoms with van der Waals surface area (Å²) in [6.45, 7) is 0.904. The number of hydrogen-bond acceptors (Lipinski definition) is 14. The van der Waals surface area contributed by atoms with E-state index >= 15 is 0 Å². The number of aliphatic hydroxyl groups excluding tert-OH is 8. The van der Waals surface area contributed by atoms with Gasteiger partial charge in [-0.15, -0.1) is 0 Å². The Bertz CT molecular complexity index is 431. The Morgan fingerprint density at radius 1 is 0.839 bits per heavy atom. The van der Waals surface area contributed by atoms with Gasteiger partial charge >= 0.3 is 5.97 Å². The van der Waals surface area contributed by atoms with Gasteiger partial charge in [-0.2, -0.15) is 0 Å². The van der Waals surface area contributed by atoms with E-state index in [1.807, 2.05) is 0 Å². The predicted octanol–water partition coefficient (Wildman–Crippen LogP) is -4.71. The van der Waals surface area contributed by atoms with Crippen LogP contribution in [0.4, 0.5) is 0 Å². The van der Waals surface area contributed by atoms with Gasteiger partial charge in [0.1, 0.15) is 42.7 Å². The molecule has 2 heterocycles. The van der Waals surface area contributed by atoms with Crippen LogP contribution in [0.5, 0.6) is 0 Å². The summed E-state index contributed by atoms with van der Waals surface area (Å²) in [7, 11) is 5.01. The van der Waals surface area contributed by atoms with Crippen LogP contribution in [0, 0.1) is 0 Å². The number of ether oxygens (including phenoxy) is 5. The summed E-state index contributed by atoms with van der Waals surface area (Å²) in [5.74, 6) is -0.245. The fourth-order valence-electron chi connectivity index (χ4n) is 2.25. The van der Waals surface area contributed by atoms with Crippen LogP contribution in [-0.2, 0) is 28.5 Å². The topological polar surface area (TPSA) is 225 Å². The van der Waals surface area contributed by atoms with Crippen LogP contribution in [0.1, 0.15) is 6.92 Å². The average molecular weight is 464 g/mol. The molecule has 0 spiro atoms. The van der Waals surface area contributed by atoms with Crippen LogP contribution in [0.2, 0.25) is 0 Å². The SMILES string of the molecule is CO.COC(C)=O.COC1OC(CO)C(O)C(O)C1O.COC1OCC(O)C(O)C1O. The molecule has 0 saturated carbocycles. The lowest BCUT2D eigenvalue weighted by atomic mass is 9.99. The van der Waals surface area contributed by atoms with E-state index in [-0.39, 0.29) is 12.6 Å². The van der Waals surface area contributed by atoms with Crippen molar-refractivity contribution < 1.29 is 69.3 Å². The fourth-order valence-corrected chi connectivity index (χ4v) is 2.25. The zero-order valence-corrected chi connectivity index (χ0v) is 18.1. The first-order valence-electron chi connectivity index (χ1n) is 9.06. The van der Waals surface area contributed by atoms with E-state index in [1.165, 1.54) is 28.3 Å². The van der Waals surface area contributed by atoms with E-state index in [4.69, 9.17) is 39.7 Å². The predicted molar refractivity (Wildman–Crippen MR) is 101 cm³/mol. The minimum Gasteiger partial charge on any atom is -0.469 e. The normalized spacial score (nSPS) is 37.0. The van der Waals surface area contributed by atoms with E-state index in [2.05, 4.69) is 9.47 Å². The van der Waals surface area contributed by atoms with Crippen LogP contribution in [-0.4, -0.2) is 144 Å². The van der Waals surface area contributed by atoms with Crippen LogP contribution in [0.3, 0.4) is 0 Å². The summed E-state index contributed by atoms with van der Waals surface area (Å²) in [4.78, 5) is 9.59. The Kier molecular flexibility index (Phi) is 18.2. The molecule has 0 aliphatic carbocycles. The molecule has 2 fully saturated rings. The molecule has 9 atom stereocenters. The first kappa shape index (κ1) is 32.2. The Morgan fingerprint density at radius 2 is 1.29 bits per heavy atom. The maximum atomic E-state index is 9.59. The monoisotopic (exact) mass is 464 g/mol. The first-order valence-corrected chi connectivity index (χ1v) is 9.06. The third-order valence-electron chi connectivity index (χ3n) is 4.05. The molecule has 2 saturated heterocycles. The second kappa shape index (κ2) is 17.5. The van der Waals surface area contributed by atoms with Crippen molar-refractivity contribution >= 4 is 5.97 Å². The van der Waals surface area contributed by atoms with E-state index in [1.54, 1.807) is 0 Å². The number of carbonyl (C=O) groups is 1. The van der Waals surface area contributed by atoms with Crippen molar-refractivity contribution in [1.29, 1.82) is 0 Å². The fraction of sp³-hybridized carbons (Fsp3) is 0.941. The molecule has 14 nitrogen and oxygen atoms in total. The minimum absolute atomic E-state index is 0.0171. The molecule has 2 aliphatic rings. The molecule has 9 unspecified atom stereocenters. The Hall–Kier alpha value is -1.01. The molecule has 0 radical (unpaired) electrons. The highest BCUT2D eigenvalue weighted by atomic mass is 16.7. The molecule has 2 rings (SSSR count). The summed E-state index contributed by atoms with van der Waals surface area (Å²) in [5.41, 5.74) is 0. The van der Waals surface area contributed by atoms with Gasteiger partial charge in [0.05, 0.1) is 20.3 Å². The molecule has 0 aromatic rings. The van der Waals surface area contributed by atoms with Crippen molar-refractivity contribution in [2.24, 2.45) is 0 Å². The van der Waals surface area contributed by atoms with Gasteiger partial charge in [0.2, 0.25) is 0 Å². The van der Waals surface area contributed by atoms with Crippen molar-refractivity contribution in [3.05, 3.63) is 0 Å². The number of carbonyl (C=O) groups excluding carboxylic acids is 1. The highest BCUT2D eigenvalue weighted by molar-refractivity contribution is 5.65. The van der Waals surface area contributed by atoms with Gasteiger partial charge in [-0.1, -0.05) is 0 Å². The summed E-state index contributed by atoms with van der Waals surface area (Å²) in [6, 6.07) is 0. The quantitative estimate of drug-likeness (QED) is 0.184. The summed E-state index contributed by atoms with van der Waals surface area (Å²) >= 11 is 0. The number of esters is 1. The molecule has 188 valence electrons. The van der Waals surface area contributed by atoms with E-state index in [9.17, 15) is 20.1 Å². The van der Waals surface area contributed by atoms with Crippen molar-refractivity contribution in [3.63, 3.8) is 0 Å². The van der Waals surface area contributed by atoms with Gasteiger partial charge in [-0.25, -0.2) is 0 Å². The molecule has 0 aromatic heterocycles. The van der Waals surface area contributed by atoms with Crippen LogP contribution in [0.15, 0.2) is 0 Å². The van der Waals surface area contributed by atoms with Crippen LogP contribution in [0.25, 0.3) is 0 Å². The van der Waals surface area contributed by atoms with Gasteiger partial charge in [-0.3, -0.25) is 4.79 Å². The molecule has 0 amide bonds. The van der Waals surface area contributed by atoms with Gasteiger partial charge in [0.25, 0.3) is 0 Å². The highest BCUT2D eigenvalue weighted by Crippen LogP contribution is 2.21. The maximum Gasteiger partial charge on any atom is 0.302 e. The third-order valence-corrected chi connectivity index (χ3v) is 4.05. The molecule has 0 aromatic carbocycles. The molecule has 2 aliphatic heterocycles. The third kappa shape index (κ3) is 10.9. The van der Waals surface area contributed by atoms with Gasteiger partial charge in [0, 0.05) is 28.3 Å². The van der Waals surface area contributed by atoms with Crippen molar-refractivity contribution in [1.82, 2.24) is 0 Å². The largest absolute Gasteiger partial charge is 0.469 e. The van der Waals surface area contributed by atoms with E-state index in [0.717, 1.165) is 7.11 Å². The summed E-state index contributed by atoms with van der Waals surface area (Å²) in [6.07, 6.45) is -10.1. The average Bonchev–Trinajstić information content (AvgIpc) is 2.78. The lowest BCUT2D eigenvalue weighted by Crippen LogP contribution is -2.58. The second-order valence-corrected chi connectivity index (χ2v) is 6.11. The van der Waals surface area contributed by atoms with E-state index < -0.39 is 61.9 Å². The molecular formula is C17H36O14. The molecule has 14 heteroatoms. The molecule has 8 N–H and O–H groups in total. The number of rotatable bonds is 3. The van der Waals surface area contributed by atoms with E-state index in [0.29, 0.717) is 0 Å². The summed E-state index contributed by atoms with van der Waals surface area (Å²) in [5, 5.41) is 70.8. The van der Waals surface area contributed by atoms with Crippen molar-refractivity contribution in [3.8, 4) is 0 Å². The Labute approximate surface area is 180 Å². The Morgan fingerprint density at radius 3 is 1.68 bits per heavy atom. The lowest BCUT2D eigenvalue weighted by molar-refractivity contribution is -0.294. The van der Waals surface area contributed by atoms with Gasteiger partial charge in [0.15, 0.2) is 12.6 Å². The highest BCUT2D eigenvalue weighted by Gasteiger charge is 2.43. The zero-order valence-electron chi connectivity index (χ0n) is 18.1. The molecular weight excluding hydrogens is 428 g/mol. The molecule has 0 bridgehead atoms. The number of methoxy groups -OCH3 is 3. The maximum absolute atomic E-state index is 9.59. The van der Waals surface area contributed by atoms with Crippen LogP contribution < -0.4 is 0 Å². The standard InChI is InChI=1S/C7H14O6.C6H12O5.C3H6O2.CH4O/c1-12-7-6(11)5(10)4(9)3(2-8)13-7;1-10-6-5(9)4(8)3(7)2-11-6;1-3(4)5-2;1-2/h3-11H,2H2,1H3;3-9H,2H2,1H3;1-2H3;2H,1H3. The smallest absolute Gasteiger partial charge is 0.302 e. The first-order chi connectivity index (χ1) is 14.5. The number of aliphatic hydroxyl groups is 8. The zero-order chi connectivity index (χ0) is 24.7.